The van der Waals surface area contributed by atoms with Crippen molar-refractivity contribution in [3.05, 3.63) is 40.3 Å². The van der Waals surface area contributed by atoms with Crippen LogP contribution in [0.5, 0.6) is 0 Å². The molecule has 2 heterocycles. The van der Waals surface area contributed by atoms with Crippen LogP contribution >= 0.6 is 0 Å². The second kappa shape index (κ2) is 7.01. The lowest BCUT2D eigenvalue weighted by molar-refractivity contribution is -0.0774. The molecule has 1 saturated heterocycles. The second-order valence-electron chi connectivity index (χ2n) is 6.75. The van der Waals surface area contributed by atoms with E-state index in [4.69, 9.17) is 4.74 Å². The van der Waals surface area contributed by atoms with Gasteiger partial charge in [0.05, 0.1) is 35.9 Å². The number of ether oxygens (including phenoxy) is 1. The molecule has 0 bridgehead atoms. The van der Waals surface area contributed by atoms with Gasteiger partial charge in [-0.3, -0.25) is 9.69 Å². The number of aliphatic hydroxyl groups excluding tert-OH is 1. The number of rotatable bonds is 4. The maximum absolute atomic E-state index is 12.6. The van der Waals surface area contributed by atoms with Crippen LogP contribution < -0.4 is 5.56 Å². The molecule has 0 spiro atoms. The highest BCUT2D eigenvalue weighted by atomic mass is 16.5. The molecule has 24 heavy (non-hydrogen) atoms. The molecule has 1 aromatic heterocycles. The van der Waals surface area contributed by atoms with E-state index in [1.54, 1.807) is 6.07 Å². The summed E-state index contributed by atoms with van der Waals surface area (Å²) in [4.78, 5) is 14.8. The highest BCUT2D eigenvalue weighted by molar-refractivity contribution is 5.83. The smallest absolute Gasteiger partial charge is 0.274 e. The number of morpholine rings is 1. The Labute approximate surface area is 141 Å². The summed E-state index contributed by atoms with van der Waals surface area (Å²) in [5, 5.41) is 16.3. The minimum atomic E-state index is -0.645. The third-order valence-corrected chi connectivity index (χ3v) is 4.40. The summed E-state index contributed by atoms with van der Waals surface area (Å²) in [5.74, 6) is 0. The average molecular weight is 331 g/mol. The number of aromatic nitrogens is 2. The van der Waals surface area contributed by atoms with Crippen molar-refractivity contribution >= 4 is 10.8 Å². The van der Waals surface area contributed by atoms with E-state index in [2.05, 4.69) is 10.00 Å². The van der Waals surface area contributed by atoms with Crippen LogP contribution in [0.3, 0.4) is 0 Å². The Balaban J connectivity index is 1.75. The summed E-state index contributed by atoms with van der Waals surface area (Å²) in [7, 11) is 0. The van der Waals surface area contributed by atoms with E-state index in [1.807, 2.05) is 39.0 Å². The van der Waals surface area contributed by atoms with Crippen molar-refractivity contribution in [2.75, 3.05) is 19.6 Å². The Morgan fingerprint density at radius 3 is 2.50 bits per heavy atom. The SMILES string of the molecule is Cc1nn(C[C@@H](O)CN2C[C@@H](C)O[C@@H](C)C2)c(=O)c2ccccc12. The third kappa shape index (κ3) is 3.66. The first-order valence-corrected chi connectivity index (χ1v) is 8.46. The van der Waals surface area contributed by atoms with Gasteiger partial charge in [0.2, 0.25) is 0 Å². The van der Waals surface area contributed by atoms with Gasteiger partial charge in [-0.05, 0) is 26.8 Å². The van der Waals surface area contributed by atoms with Crippen molar-refractivity contribution in [1.82, 2.24) is 14.7 Å². The quantitative estimate of drug-likeness (QED) is 0.911. The fourth-order valence-electron chi connectivity index (χ4n) is 3.52. The molecule has 6 nitrogen and oxygen atoms in total. The second-order valence-corrected chi connectivity index (χ2v) is 6.75. The van der Waals surface area contributed by atoms with Gasteiger partial charge in [-0.25, -0.2) is 4.68 Å². The Morgan fingerprint density at radius 2 is 1.83 bits per heavy atom. The van der Waals surface area contributed by atoms with E-state index in [0.29, 0.717) is 11.9 Å². The average Bonchev–Trinajstić information content (AvgIpc) is 2.51. The van der Waals surface area contributed by atoms with E-state index >= 15 is 0 Å². The molecule has 0 aliphatic carbocycles. The van der Waals surface area contributed by atoms with Crippen LogP contribution in [-0.2, 0) is 11.3 Å². The van der Waals surface area contributed by atoms with Gasteiger partial charge in [0, 0.05) is 25.0 Å². The minimum absolute atomic E-state index is 0.154. The number of hydrogen-bond acceptors (Lipinski definition) is 5. The number of nitrogens with zero attached hydrogens (tertiary/aromatic N) is 3. The molecule has 3 rings (SSSR count). The van der Waals surface area contributed by atoms with Crippen LogP contribution in [0.25, 0.3) is 10.8 Å². The van der Waals surface area contributed by atoms with Crippen molar-refractivity contribution in [3.63, 3.8) is 0 Å². The summed E-state index contributed by atoms with van der Waals surface area (Å²) < 4.78 is 7.09. The Bertz CT molecular complexity index is 764. The van der Waals surface area contributed by atoms with E-state index in [9.17, 15) is 9.90 Å². The molecule has 1 aliphatic rings. The number of benzene rings is 1. The van der Waals surface area contributed by atoms with Gasteiger partial charge in [0.1, 0.15) is 0 Å². The summed E-state index contributed by atoms with van der Waals surface area (Å²) in [6.45, 7) is 8.25. The molecular formula is C18H25N3O3. The van der Waals surface area contributed by atoms with Crippen LogP contribution in [0.4, 0.5) is 0 Å². The lowest BCUT2D eigenvalue weighted by atomic mass is 10.1. The molecular weight excluding hydrogens is 306 g/mol. The molecule has 1 aliphatic heterocycles. The molecule has 130 valence electrons. The first-order chi connectivity index (χ1) is 11.4. The predicted octanol–water partition coefficient (Wildman–Crippen LogP) is 1.18. The van der Waals surface area contributed by atoms with E-state index < -0.39 is 6.10 Å². The van der Waals surface area contributed by atoms with Gasteiger partial charge in [-0.1, -0.05) is 18.2 Å². The normalized spacial score (nSPS) is 23.5. The first-order valence-electron chi connectivity index (χ1n) is 8.46. The predicted molar refractivity (Wildman–Crippen MR) is 93.2 cm³/mol. The van der Waals surface area contributed by atoms with Gasteiger partial charge < -0.3 is 9.84 Å². The van der Waals surface area contributed by atoms with Crippen LogP contribution in [0.2, 0.25) is 0 Å². The maximum Gasteiger partial charge on any atom is 0.274 e. The standard InChI is InChI=1S/C18H25N3O3/c1-12-8-20(9-13(2)24-12)10-15(22)11-21-18(23)17-7-5-4-6-16(17)14(3)19-21/h4-7,12-13,15,22H,8-11H2,1-3H3/t12-,13+,15-/m0/s1. The van der Waals surface area contributed by atoms with Crippen molar-refractivity contribution < 1.29 is 9.84 Å². The molecule has 0 saturated carbocycles. The summed E-state index contributed by atoms with van der Waals surface area (Å²) in [6.07, 6.45) is -0.331. The van der Waals surface area contributed by atoms with E-state index in [-0.39, 0.29) is 24.3 Å². The number of aliphatic hydroxyl groups is 1. The van der Waals surface area contributed by atoms with Gasteiger partial charge in [-0.2, -0.15) is 5.10 Å². The highest BCUT2D eigenvalue weighted by Gasteiger charge is 2.24. The Kier molecular flexibility index (Phi) is 4.99. The van der Waals surface area contributed by atoms with Crippen molar-refractivity contribution in [1.29, 1.82) is 0 Å². The van der Waals surface area contributed by atoms with Gasteiger partial charge in [-0.15, -0.1) is 0 Å². The first kappa shape index (κ1) is 17.1. The summed E-state index contributed by atoms with van der Waals surface area (Å²) in [5.41, 5.74) is 0.644. The molecule has 0 unspecified atom stereocenters. The minimum Gasteiger partial charge on any atom is -0.390 e. The van der Waals surface area contributed by atoms with Crippen molar-refractivity contribution in [3.8, 4) is 0 Å². The third-order valence-electron chi connectivity index (χ3n) is 4.40. The molecule has 6 heteroatoms. The molecule has 1 aromatic carbocycles. The summed E-state index contributed by atoms with van der Waals surface area (Å²) >= 11 is 0. The number of fused-ring (bicyclic) bond motifs is 1. The molecule has 0 amide bonds. The Morgan fingerprint density at radius 1 is 1.21 bits per heavy atom. The fraction of sp³-hybridized carbons (Fsp3) is 0.556. The van der Waals surface area contributed by atoms with Crippen LogP contribution in [0.1, 0.15) is 19.5 Å². The zero-order valence-corrected chi connectivity index (χ0v) is 14.5. The number of aryl methyl sites for hydroxylation is 1. The number of β-amino-alcohol motifs (C(OH)–C–C–N with tert-alkyl or cyclic N) is 1. The van der Waals surface area contributed by atoms with Crippen LogP contribution in [0.15, 0.2) is 29.1 Å². The van der Waals surface area contributed by atoms with Gasteiger partial charge in [0.25, 0.3) is 5.56 Å². The molecule has 2 aromatic rings. The lowest BCUT2D eigenvalue weighted by Gasteiger charge is -2.36. The molecule has 0 radical (unpaired) electrons. The van der Waals surface area contributed by atoms with E-state index in [1.165, 1.54) is 4.68 Å². The largest absolute Gasteiger partial charge is 0.390 e. The lowest BCUT2D eigenvalue weighted by Crippen LogP contribution is -2.49. The molecule has 1 fully saturated rings. The highest BCUT2D eigenvalue weighted by Crippen LogP contribution is 2.13. The van der Waals surface area contributed by atoms with Crippen LogP contribution in [-0.4, -0.2) is 57.7 Å². The molecule has 1 N–H and O–H groups in total. The fourth-order valence-corrected chi connectivity index (χ4v) is 3.52. The monoisotopic (exact) mass is 331 g/mol. The van der Waals surface area contributed by atoms with E-state index in [0.717, 1.165) is 24.2 Å². The van der Waals surface area contributed by atoms with Gasteiger partial charge >= 0.3 is 0 Å². The topological polar surface area (TPSA) is 67.6 Å². The van der Waals surface area contributed by atoms with Crippen molar-refractivity contribution in [2.24, 2.45) is 0 Å². The van der Waals surface area contributed by atoms with Crippen molar-refractivity contribution in [2.45, 2.75) is 45.6 Å². The van der Waals surface area contributed by atoms with Crippen LogP contribution in [0, 0.1) is 6.92 Å². The maximum atomic E-state index is 12.6. The number of hydrogen-bond donors (Lipinski definition) is 1. The zero-order valence-electron chi connectivity index (χ0n) is 14.5. The molecule has 3 atom stereocenters. The Hall–Kier alpha value is -1.76. The zero-order chi connectivity index (χ0) is 17.3. The van der Waals surface area contributed by atoms with Gasteiger partial charge in [0.15, 0.2) is 0 Å². The summed E-state index contributed by atoms with van der Waals surface area (Å²) in [6, 6.07) is 7.45.